The molecule has 2 aliphatic carbocycles. The Kier molecular flexibility index (Phi) is 7.80. The van der Waals surface area contributed by atoms with E-state index in [2.05, 4.69) is 0 Å². The Hall–Kier alpha value is -3.40. The van der Waals surface area contributed by atoms with Gasteiger partial charge in [0, 0.05) is 23.2 Å². The molecule has 0 bridgehead atoms. The fraction of sp³-hybridized carbons (Fsp3) is 0.375. The maximum atomic E-state index is 14.1. The minimum atomic E-state index is 0.00577. The summed E-state index contributed by atoms with van der Waals surface area (Å²) >= 11 is 0. The fourth-order valence-electron chi connectivity index (χ4n) is 5.83. The molecule has 3 aromatic rings. The van der Waals surface area contributed by atoms with E-state index in [1.54, 1.807) is 0 Å². The first-order valence-corrected chi connectivity index (χ1v) is 13.6. The zero-order valence-electron chi connectivity index (χ0n) is 21.0. The zero-order valence-corrected chi connectivity index (χ0v) is 21.0. The van der Waals surface area contributed by atoms with Gasteiger partial charge < -0.3 is 0 Å². The Balaban J connectivity index is 1.62. The number of para-hydroxylation sites is 4. The van der Waals surface area contributed by atoms with Crippen LogP contribution in [0.2, 0.25) is 0 Å². The first kappa shape index (κ1) is 24.3. The molecule has 0 spiro atoms. The molecular weight excluding hydrogens is 444 g/mol. The van der Waals surface area contributed by atoms with Crippen LogP contribution in [0.4, 0.5) is 22.7 Å². The standard InChI is InChI=1S/C32H36N2O2/c35-31(25-15-5-1-6-16-25)33(27-19-9-3-10-20-27)29-23-13-14-24-30(29)34(28-21-11-4-12-22-28)32(36)26-17-7-2-8-18-26/h3-4,9-14,19-26H,1-2,5-8,15-18H2. The summed E-state index contributed by atoms with van der Waals surface area (Å²) in [6, 6.07) is 27.7. The van der Waals surface area contributed by atoms with Gasteiger partial charge in [0.2, 0.25) is 11.8 Å². The number of hydrogen-bond donors (Lipinski definition) is 0. The van der Waals surface area contributed by atoms with E-state index in [9.17, 15) is 9.59 Å². The summed E-state index contributed by atoms with van der Waals surface area (Å²) < 4.78 is 0. The molecule has 4 nitrogen and oxygen atoms in total. The molecule has 0 N–H and O–H groups in total. The van der Waals surface area contributed by atoms with Gasteiger partial charge in [-0.1, -0.05) is 87.1 Å². The molecule has 0 aromatic heterocycles. The van der Waals surface area contributed by atoms with Gasteiger partial charge in [-0.3, -0.25) is 19.4 Å². The molecular formula is C32H36N2O2. The highest BCUT2D eigenvalue weighted by atomic mass is 16.2. The molecule has 0 saturated heterocycles. The van der Waals surface area contributed by atoms with Gasteiger partial charge in [0.25, 0.3) is 0 Å². The second kappa shape index (κ2) is 11.6. The molecule has 2 amide bonds. The Morgan fingerprint density at radius 3 is 1.17 bits per heavy atom. The van der Waals surface area contributed by atoms with Crippen molar-refractivity contribution >= 4 is 34.6 Å². The highest BCUT2D eigenvalue weighted by molar-refractivity contribution is 6.10. The van der Waals surface area contributed by atoms with Crippen LogP contribution in [0.15, 0.2) is 84.9 Å². The van der Waals surface area contributed by atoms with Crippen molar-refractivity contribution in [3.63, 3.8) is 0 Å². The summed E-state index contributed by atoms with van der Waals surface area (Å²) in [5.41, 5.74) is 3.23. The molecule has 0 radical (unpaired) electrons. The number of nitrogens with zero attached hydrogens (tertiary/aromatic N) is 2. The number of amides is 2. The van der Waals surface area contributed by atoms with E-state index < -0.39 is 0 Å². The van der Waals surface area contributed by atoms with E-state index in [0.717, 1.165) is 74.1 Å². The maximum Gasteiger partial charge on any atom is 0.234 e. The van der Waals surface area contributed by atoms with Crippen LogP contribution in [0.3, 0.4) is 0 Å². The van der Waals surface area contributed by atoms with Crippen molar-refractivity contribution in [3.8, 4) is 0 Å². The van der Waals surface area contributed by atoms with Crippen LogP contribution in [-0.4, -0.2) is 11.8 Å². The quantitative estimate of drug-likeness (QED) is 0.357. The van der Waals surface area contributed by atoms with Crippen LogP contribution in [0, 0.1) is 11.8 Å². The first-order valence-electron chi connectivity index (χ1n) is 13.6. The molecule has 5 rings (SSSR count). The molecule has 4 heteroatoms. The second-order valence-electron chi connectivity index (χ2n) is 10.2. The van der Waals surface area contributed by atoms with Gasteiger partial charge in [0.1, 0.15) is 0 Å². The smallest absolute Gasteiger partial charge is 0.234 e. The van der Waals surface area contributed by atoms with Crippen molar-refractivity contribution in [1.29, 1.82) is 0 Å². The summed E-state index contributed by atoms with van der Waals surface area (Å²) in [6.45, 7) is 0. The van der Waals surface area contributed by atoms with E-state index in [1.165, 1.54) is 12.8 Å². The third-order valence-corrected chi connectivity index (χ3v) is 7.74. The summed E-state index contributed by atoms with van der Waals surface area (Å²) in [7, 11) is 0. The topological polar surface area (TPSA) is 40.6 Å². The van der Waals surface area contributed by atoms with Gasteiger partial charge in [-0.05, 0) is 62.1 Å². The lowest BCUT2D eigenvalue weighted by Crippen LogP contribution is -2.37. The summed E-state index contributed by atoms with van der Waals surface area (Å²) in [5.74, 6) is 0.274. The minimum absolute atomic E-state index is 0.00577. The molecule has 0 unspecified atom stereocenters. The molecule has 2 fully saturated rings. The second-order valence-corrected chi connectivity index (χ2v) is 10.2. The van der Waals surface area contributed by atoms with Crippen molar-refractivity contribution in [3.05, 3.63) is 84.9 Å². The Labute approximate surface area is 214 Å². The number of hydrogen-bond acceptors (Lipinski definition) is 2. The highest BCUT2D eigenvalue weighted by Gasteiger charge is 2.33. The Bertz CT molecular complexity index is 1060. The monoisotopic (exact) mass is 480 g/mol. The van der Waals surface area contributed by atoms with Crippen LogP contribution in [0.5, 0.6) is 0 Å². The molecule has 0 atom stereocenters. The summed E-state index contributed by atoms with van der Waals surface area (Å²) in [6.07, 6.45) is 10.5. The van der Waals surface area contributed by atoms with E-state index in [4.69, 9.17) is 0 Å². The average Bonchev–Trinajstić information content (AvgIpc) is 2.96. The largest absolute Gasteiger partial charge is 0.279 e. The highest BCUT2D eigenvalue weighted by Crippen LogP contribution is 2.41. The van der Waals surface area contributed by atoms with Gasteiger partial charge in [-0.25, -0.2) is 0 Å². The number of benzene rings is 3. The van der Waals surface area contributed by atoms with Crippen molar-refractivity contribution in [2.45, 2.75) is 64.2 Å². The maximum absolute atomic E-state index is 14.1. The molecule has 36 heavy (non-hydrogen) atoms. The van der Waals surface area contributed by atoms with E-state index >= 15 is 0 Å². The first-order chi connectivity index (χ1) is 17.7. The van der Waals surface area contributed by atoms with Gasteiger partial charge in [0.15, 0.2) is 0 Å². The van der Waals surface area contributed by atoms with Crippen molar-refractivity contribution < 1.29 is 9.59 Å². The Morgan fingerprint density at radius 1 is 0.472 bits per heavy atom. The van der Waals surface area contributed by atoms with Crippen LogP contribution in [0.1, 0.15) is 64.2 Å². The summed E-state index contributed by atoms with van der Waals surface area (Å²) in [5, 5.41) is 0. The summed E-state index contributed by atoms with van der Waals surface area (Å²) in [4.78, 5) is 31.9. The number of anilines is 4. The lowest BCUT2D eigenvalue weighted by atomic mass is 9.87. The van der Waals surface area contributed by atoms with Gasteiger partial charge in [0.05, 0.1) is 11.4 Å². The number of carbonyl (C=O) groups is 2. The van der Waals surface area contributed by atoms with Crippen molar-refractivity contribution in [2.75, 3.05) is 9.80 Å². The van der Waals surface area contributed by atoms with Gasteiger partial charge in [-0.15, -0.1) is 0 Å². The normalized spacial score (nSPS) is 16.9. The Morgan fingerprint density at radius 2 is 0.806 bits per heavy atom. The van der Waals surface area contributed by atoms with Gasteiger partial charge >= 0.3 is 0 Å². The average molecular weight is 481 g/mol. The van der Waals surface area contributed by atoms with Crippen LogP contribution >= 0.6 is 0 Å². The lowest BCUT2D eigenvalue weighted by molar-refractivity contribution is -0.123. The van der Waals surface area contributed by atoms with E-state index in [-0.39, 0.29) is 23.7 Å². The number of carbonyl (C=O) groups excluding carboxylic acids is 2. The van der Waals surface area contributed by atoms with E-state index in [1.807, 2.05) is 94.7 Å². The molecule has 2 aliphatic rings. The fourth-order valence-corrected chi connectivity index (χ4v) is 5.83. The molecule has 0 heterocycles. The minimum Gasteiger partial charge on any atom is -0.279 e. The van der Waals surface area contributed by atoms with Crippen LogP contribution in [0.25, 0.3) is 0 Å². The molecule has 0 aliphatic heterocycles. The zero-order chi connectivity index (χ0) is 24.7. The third kappa shape index (κ3) is 5.23. The SMILES string of the molecule is O=C(C1CCCCC1)N(c1ccccc1)c1ccccc1N(C(=O)C1CCCCC1)c1ccccc1. The lowest BCUT2D eigenvalue weighted by Gasteiger charge is -2.35. The predicted octanol–water partition coefficient (Wildman–Crippen LogP) is 8.18. The molecule has 186 valence electrons. The number of rotatable bonds is 6. The molecule has 3 aromatic carbocycles. The van der Waals surface area contributed by atoms with Crippen molar-refractivity contribution in [2.24, 2.45) is 11.8 Å². The van der Waals surface area contributed by atoms with Crippen molar-refractivity contribution in [1.82, 2.24) is 0 Å². The predicted molar refractivity (Wildman–Crippen MR) is 147 cm³/mol. The van der Waals surface area contributed by atoms with Gasteiger partial charge in [-0.2, -0.15) is 0 Å². The van der Waals surface area contributed by atoms with E-state index in [0.29, 0.717) is 0 Å². The third-order valence-electron chi connectivity index (χ3n) is 7.74. The molecule has 2 saturated carbocycles. The van der Waals surface area contributed by atoms with Crippen LogP contribution in [-0.2, 0) is 9.59 Å². The van der Waals surface area contributed by atoms with Crippen LogP contribution < -0.4 is 9.80 Å².